The second-order valence-corrected chi connectivity index (χ2v) is 6.41. The van der Waals surface area contributed by atoms with Crippen LogP contribution in [0, 0.1) is 5.92 Å². The van der Waals surface area contributed by atoms with E-state index in [1.807, 2.05) is 19.2 Å². The number of ether oxygens (including phenoxy) is 1. The van der Waals surface area contributed by atoms with E-state index < -0.39 is 6.10 Å². The zero-order chi connectivity index (χ0) is 15.5. The largest absolute Gasteiger partial charge is 0.486 e. The molecule has 1 heterocycles. The average molecular weight is 304 g/mol. The molecule has 0 saturated heterocycles. The summed E-state index contributed by atoms with van der Waals surface area (Å²) in [5, 5.41) is 10.6. The number of nitrogens with zero attached hydrogens (tertiary/aromatic N) is 2. The van der Waals surface area contributed by atoms with E-state index in [-0.39, 0.29) is 24.0 Å². The Labute approximate surface area is 131 Å². The van der Waals surface area contributed by atoms with E-state index in [4.69, 9.17) is 4.74 Å². The normalized spacial score (nSPS) is 28.7. The molecule has 1 aromatic heterocycles. The SMILES string of the molecule is CN(C(=O)C1CCC1)[C@@H]1CCC[C@@H](Oc2cccnc2)[C@@H]1O. The molecule has 0 unspecified atom stereocenters. The number of hydrogen-bond acceptors (Lipinski definition) is 4. The van der Waals surface area contributed by atoms with E-state index >= 15 is 0 Å². The average Bonchev–Trinajstić information content (AvgIpc) is 2.48. The molecule has 3 atom stereocenters. The number of rotatable bonds is 4. The van der Waals surface area contributed by atoms with Crippen LogP contribution in [0.15, 0.2) is 24.5 Å². The van der Waals surface area contributed by atoms with Crippen molar-refractivity contribution in [2.75, 3.05) is 7.05 Å². The van der Waals surface area contributed by atoms with E-state index in [1.165, 1.54) is 0 Å². The Bertz CT molecular complexity index is 504. The summed E-state index contributed by atoms with van der Waals surface area (Å²) in [4.78, 5) is 18.2. The summed E-state index contributed by atoms with van der Waals surface area (Å²) in [6.07, 6.45) is 8.13. The van der Waals surface area contributed by atoms with Crippen LogP contribution in [-0.4, -0.2) is 46.2 Å². The molecule has 1 N–H and O–H groups in total. The third-order valence-electron chi connectivity index (χ3n) is 4.99. The van der Waals surface area contributed by atoms with Crippen LogP contribution < -0.4 is 4.74 Å². The third-order valence-corrected chi connectivity index (χ3v) is 4.99. The van der Waals surface area contributed by atoms with Crippen molar-refractivity contribution in [3.8, 4) is 5.75 Å². The summed E-state index contributed by atoms with van der Waals surface area (Å²) in [6.45, 7) is 0. The van der Waals surface area contributed by atoms with Crippen molar-refractivity contribution in [1.29, 1.82) is 0 Å². The van der Waals surface area contributed by atoms with Crippen LogP contribution in [0.1, 0.15) is 38.5 Å². The molecule has 22 heavy (non-hydrogen) atoms. The van der Waals surface area contributed by atoms with E-state index in [0.29, 0.717) is 5.75 Å². The van der Waals surface area contributed by atoms with Gasteiger partial charge in [0.05, 0.1) is 12.2 Å². The molecule has 3 rings (SSSR count). The standard InChI is InChI=1S/C17H24N2O3/c1-19(17(21)12-5-2-6-12)14-8-3-9-15(16(14)20)22-13-7-4-10-18-11-13/h4,7,10-12,14-16,20H,2-3,5-6,8-9H2,1H3/t14-,15-,16-/m1/s1. The summed E-state index contributed by atoms with van der Waals surface area (Å²) >= 11 is 0. The zero-order valence-corrected chi connectivity index (χ0v) is 13.0. The summed E-state index contributed by atoms with van der Waals surface area (Å²) in [7, 11) is 1.82. The number of aromatic nitrogens is 1. The second-order valence-electron chi connectivity index (χ2n) is 6.41. The highest BCUT2D eigenvalue weighted by Crippen LogP contribution is 2.32. The first-order chi connectivity index (χ1) is 10.7. The Morgan fingerprint density at radius 3 is 2.73 bits per heavy atom. The van der Waals surface area contributed by atoms with Gasteiger partial charge in [-0.05, 0) is 44.2 Å². The summed E-state index contributed by atoms with van der Waals surface area (Å²) in [5.41, 5.74) is 0. The highest BCUT2D eigenvalue weighted by molar-refractivity contribution is 5.79. The minimum absolute atomic E-state index is 0.150. The fraction of sp³-hybridized carbons (Fsp3) is 0.647. The molecule has 5 nitrogen and oxygen atoms in total. The van der Waals surface area contributed by atoms with Gasteiger partial charge in [0.2, 0.25) is 5.91 Å². The molecule has 2 aliphatic carbocycles. The van der Waals surface area contributed by atoms with Crippen molar-refractivity contribution in [3.05, 3.63) is 24.5 Å². The molecular formula is C17H24N2O3. The molecule has 5 heteroatoms. The van der Waals surface area contributed by atoms with Crippen LogP contribution in [0.25, 0.3) is 0 Å². The Morgan fingerprint density at radius 2 is 2.09 bits per heavy atom. The molecule has 0 aromatic carbocycles. The van der Waals surface area contributed by atoms with Gasteiger partial charge in [-0.3, -0.25) is 9.78 Å². The first-order valence-corrected chi connectivity index (χ1v) is 8.18. The first-order valence-electron chi connectivity index (χ1n) is 8.18. The zero-order valence-electron chi connectivity index (χ0n) is 13.0. The van der Waals surface area contributed by atoms with Crippen LogP contribution in [0.2, 0.25) is 0 Å². The van der Waals surface area contributed by atoms with Gasteiger partial charge in [-0.1, -0.05) is 6.42 Å². The smallest absolute Gasteiger partial charge is 0.225 e. The van der Waals surface area contributed by atoms with Gasteiger partial charge in [0.15, 0.2) is 0 Å². The summed E-state index contributed by atoms with van der Waals surface area (Å²) in [5.74, 6) is 1.01. The maximum absolute atomic E-state index is 12.4. The topological polar surface area (TPSA) is 62.7 Å². The quantitative estimate of drug-likeness (QED) is 0.924. The second kappa shape index (κ2) is 6.65. The van der Waals surface area contributed by atoms with Crippen LogP contribution >= 0.6 is 0 Å². The van der Waals surface area contributed by atoms with Crippen molar-refractivity contribution in [3.63, 3.8) is 0 Å². The van der Waals surface area contributed by atoms with Crippen molar-refractivity contribution < 1.29 is 14.6 Å². The van der Waals surface area contributed by atoms with Gasteiger partial charge in [-0.25, -0.2) is 0 Å². The predicted octanol–water partition coefficient (Wildman–Crippen LogP) is 2.00. The minimum atomic E-state index is -0.650. The van der Waals surface area contributed by atoms with Crippen LogP contribution in [0.4, 0.5) is 0 Å². The van der Waals surface area contributed by atoms with E-state index in [1.54, 1.807) is 17.3 Å². The van der Waals surface area contributed by atoms with Crippen LogP contribution in [0.5, 0.6) is 5.75 Å². The lowest BCUT2D eigenvalue weighted by atomic mass is 9.82. The number of pyridine rings is 1. The number of carbonyl (C=O) groups excluding carboxylic acids is 1. The Kier molecular flexibility index (Phi) is 4.62. The van der Waals surface area contributed by atoms with Crippen molar-refractivity contribution in [2.45, 2.75) is 56.8 Å². The fourth-order valence-corrected chi connectivity index (χ4v) is 3.37. The van der Waals surface area contributed by atoms with E-state index in [0.717, 1.165) is 38.5 Å². The van der Waals surface area contributed by atoms with Crippen LogP contribution in [0.3, 0.4) is 0 Å². The van der Waals surface area contributed by atoms with Gasteiger partial charge >= 0.3 is 0 Å². The number of carbonyl (C=O) groups is 1. The molecule has 0 radical (unpaired) electrons. The highest BCUT2D eigenvalue weighted by Gasteiger charge is 2.39. The molecule has 1 aromatic rings. The van der Waals surface area contributed by atoms with Crippen LogP contribution in [-0.2, 0) is 4.79 Å². The maximum atomic E-state index is 12.4. The van der Waals surface area contributed by atoms with Gasteiger partial charge in [0, 0.05) is 19.2 Å². The van der Waals surface area contributed by atoms with Gasteiger partial charge in [-0.15, -0.1) is 0 Å². The summed E-state index contributed by atoms with van der Waals surface area (Å²) < 4.78 is 5.88. The third kappa shape index (κ3) is 3.09. The highest BCUT2D eigenvalue weighted by atomic mass is 16.5. The van der Waals surface area contributed by atoms with Gasteiger partial charge in [0.25, 0.3) is 0 Å². The number of amides is 1. The lowest BCUT2D eigenvalue weighted by molar-refractivity contribution is -0.145. The Morgan fingerprint density at radius 1 is 1.32 bits per heavy atom. The lowest BCUT2D eigenvalue weighted by Crippen LogP contribution is -2.54. The Hall–Kier alpha value is -1.62. The van der Waals surface area contributed by atoms with E-state index in [9.17, 15) is 9.90 Å². The molecule has 2 saturated carbocycles. The minimum Gasteiger partial charge on any atom is -0.486 e. The first kappa shape index (κ1) is 15.3. The molecule has 0 spiro atoms. The van der Waals surface area contributed by atoms with Crippen molar-refractivity contribution in [1.82, 2.24) is 9.88 Å². The molecule has 2 aliphatic rings. The molecule has 0 bridgehead atoms. The number of hydrogen-bond donors (Lipinski definition) is 1. The maximum Gasteiger partial charge on any atom is 0.225 e. The number of likely N-dealkylation sites (N-methyl/N-ethyl adjacent to an activating group) is 1. The molecule has 2 fully saturated rings. The lowest BCUT2D eigenvalue weighted by Gasteiger charge is -2.41. The Balaban J connectivity index is 1.64. The fourth-order valence-electron chi connectivity index (χ4n) is 3.37. The molecule has 0 aliphatic heterocycles. The molecule has 120 valence electrons. The predicted molar refractivity (Wildman–Crippen MR) is 82.4 cm³/mol. The van der Waals surface area contributed by atoms with Gasteiger partial charge in [0.1, 0.15) is 18.0 Å². The van der Waals surface area contributed by atoms with Gasteiger partial charge in [-0.2, -0.15) is 0 Å². The van der Waals surface area contributed by atoms with E-state index in [2.05, 4.69) is 4.98 Å². The van der Waals surface area contributed by atoms with Crippen molar-refractivity contribution in [2.24, 2.45) is 5.92 Å². The number of aliphatic hydroxyl groups excluding tert-OH is 1. The molecule has 1 amide bonds. The monoisotopic (exact) mass is 304 g/mol. The van der Waals surface area contributed by atoms with Crippen molar-refractivity contribution >= 4 is 5.91 Å². The van der Waals surface area contributed by atoms with Gasteiger partial charge < -0.3 is 14.7 Å². The summed E-state index contributed by atoms with van der Waals surface area (Å²) in [6, 6.07) is 3.50. The number of aliphatic hydroxyl groups is 1. The molecular weight excluding hydrogens is 280 g/mol.